The van der Waals surface area contributed by atoms with Crippen molar-refractivity contribution in [2.75, 3.05) is 0 Å². The third-order valence-corrected chi connectivity index (χ3v) is 2.97. The minimum absolute atomic E-state index is 0.811. The molecule has 0 bridgehead atoms. The van der Waals surface area contributed by atoms with Crippen molar-refractivity contribution in [3.8, 4) is 0 Å². The highest BCUT2D eigenvalue weighted by atomic mass is 35.5. The fourth-order valence-electron chi connectivity index (χ4n) is 1.82. The van der Waals surface area contributed by atoms with Crippen molar-refractivity contribution in [3.63, 3.8) is 0 Å². The van der Waals surface area contributed by atoms with Crippen LogP contribution in [0, 0.1) is 6.92 Å². The van der Waals surface area contributed by atoms with Crippen molar-refractivity contribution in [3.05, 3.63) is 58.6 Å². The summed E-state index contributed by atoms with van der Waals surface area (Å²) in [5, 5.41) is 0.878. The molecule has 1 nitrogen and oxygen atoms in total. The highest BCUT2D eigenvalue weighted by Crippen LogP contribution is 2.25. The number of allylic oxidation sites excluding steroid dienone is 6. The third kappa shape index (κ3) is 2.80. The highest BCUT2D eigenvalue weighted by molar-refractivity contribution is 6.30. The predicted molar refractivity (Wildman–Crippen MR) is 73.8 cm³/mol. The summed E-state index contributed by atoms with van der Waals surface area (Å²) in [5.74, 6) is 1.76. The maximum Gasteiger partial charge on any atom is 0.127 e. The van der Waals surface area contributed by atoms with E-state index < -0.39 is 0 Å². The van der Waals surface area contributed by atoms with Gasteiger partial charge in [-0.15, -0.1) is 0 Å². The topological polar surface area (TPSA) is 13.1 Å². The van der Waals surface area contributed by atoms with E-state index in [1.54, 1.807) is 0 Å². The lowest BCUT2D eigenvalue weighted by molar-refractivity contribution is 0.524. The van der Waals surface area contributed by atoms with E-state index >= 15 is 0 Å². The Kier molecular flexibility index (Phi) is 3.39. The van der Waals surface area contributed by atoms with E-state index in [1.165, 1.54) is 5.57 Å². The summed E-state index contributed by atoms with van der Waals surface area (Å²) in [4.78, 5) is 0. The molecule has 0 aliphatic heterocycles. The lowest BCUT2D eigenvalue weighted by atomic mass is 10.1. The van der Waals surface area contributed by atoms with Gasteiger partial charge in [-0.25, -0.2) is 0 Å². The van der Waals surface area contributed by atoms with Crippen LogP contribution >= 0.6 is 11.6 Å². The number of halogens is 1. The Balaban J connectivity index is 2.12. The molecule has 2 heteroatoms. The van der Waals surface area contributed by atoms with Crippen molar-refractivity contribution >= 4 is 23.3 Å². The zero-order valence-electron chi connectivity index (χ0n) is 10.1. The molecule has 0 aromatic carbocycles. The fourth-order valence-corrected chi connectivity index (χ4v) is 2.04. The molecule has 0 saturated heterocycles. The third-order valence-electron chi connectivity index (χ3n) is 2.71. The Morgan fingerprint density at radius 1 is 1.41 bits per heavy atom. The van der Waals surface area contributed by atoms with E-state index in [1.807, 2.05) is 44.2 Å². The molecule has 0 radical (unpaired) electrons. The van der Waals surface area contributed by atoms with E-state index in [0.717, 1.165) is 34.1 Å². The van der Waals surface area contributed by atoms with Crippen LogP contribution in [0.3, 0.4) is 0 Å². The van der Waals surface area contributed by atoms with Crippen molar-refractivity contribution in [2.24, 2.45) is 0 Å². The van der Waals surface area contributed by atoms with E-state index in [4.69, 9.17) is 16.0 Å². The van der Waals surface area contributed by atoms with E-state index in [9.17, 15) is 0 Å². The van der Waals surface area contributed by atoms with Gasteiger partial charge in [-0.05, 0) is 43.2 Å². The van der Waals surface area contributed by atoms with Crippen LogP contribution in [0.25, 0.3) is 11.6 Å². The number of furan rings is 1. The van der Waals surface area contributed by atoms with E-state index in [2.05, 4.69) is 6.58 Å². The molecule has 88 valence electrons. The van der Waals surface area contributed by atoms with Crippen LogP contribution in [0.15, 0.2) is 45.9 Å². The normalized spacial score (nSPS) is 15.2. The highest BCUT2D eigenvalue weighted by Gasteiger charge is 2.06. The molecule has 0 N–H and O–H groups in total. The number of aryl methyl sites for hydroxylation is 1. The summed E-state index contributed by atoms with van der Waals surface area (Å²) in [5.41, 5.74) is 3.30. The second kappa shape index (κ2) is 4.80. The maximum absolute atomic E-state index is 5.90. The average Bonchev–Trinajstić information content (AvgIpc) is 2.82. The van der Waals surface area contributed by atoms with Gasteiger partial charge in [0, 0.05) is 17.0 Å². The van der Waals surface area contributed by atoms with Gasteiger partial charge in [0.15, 0.2) is 0 Å². The Bertz CT molecular complexity index is 541. The van der Waals surface area contributed by atoms with Crippen molar-refractivity contribution in [1.29, 1.82) is 0 Å². The van der Waals surface area contributed by atoms with Crippen LogP contribution in [0.1, 0.15) is 30.4 Å². The van der Waals surface area contributed by atoms with Crippen molar-refractivity contribution in [2.45, 2.75) is 20.3 Å². The molecule has 1 aromatic heterocycles. The van der Waals surface area contributed by atoms with Crippen LogP contribution in [0.2, 0.25) is 0 Å². The Hall–Kier alpha value is -1.47. The summed E-state index contributed by atoms with van der Waals surface area (Å²) >= 11 is 5.90. The minimum Gasteiger partial charge on any atom is -0.461 e. The molecule has 1 aliphatic carbocycles. The first-order valence-corrected chi connectivity index (χ1v) is 5.93. The molecule has 0 spiro atoms. The van der Waals surface area contributed by atoms with Crippen LogP contribution in [0.5, 0.6) is 0 Å². The van der Waals surface area contributed by atoms with Gasteiger partial charge in [0.2, 0.25) is 0 Å². The summed E-state index contributed by atoms with van der Waals surface area (Å²) in [6, 6.07) is 2.01. The molecule has 17 heavy (non-hydrogen) atoms. The van der Waals surface area contributed by atoms with Gasteiger partial charge < -0.3 is 4.42 Å². The minimum atomic E-state index is 0.811. The first-order valence-electron chi connectivity index (χ1n) is 5.56. The van der Waals surface area contributed by atoms with Crippen molar-refractivity contribution in [1.82, 2.24) is 0 Å². The van der Waals surface area contributed by atoms with Crippen LogP contribution in [-0.2, 0) is 0 Å². The molecule has 0 saturated carbocycles. The van der Waals surface area contributed by atoms with E-state index in [0.29, 0.717) is 0 Å². The molecule has 1 aromatic rings. The van der Waals surface area contributed by atoms with E-state index in [-0.39, 0.29) is 0 Å². The lowest BCUT2D eigenvalue weighted by Gasteiger charge is -1.91. The zero-order valence-corrected chi connectivity index (χ0v) is 10.8. The molecule has 0 amide bonds. The molecule has 0 unspecified atom stereocenters. The molecule has 2 rings (SSSR count). The zero-order chi connectivity index (χ0) is 12.4. The van der Waals surface area contributed by atoms with Crippen LogP contribution < -0.4 is 0 Å². The van der Waals surface area contributed by atoms with Gasteiger partial charge >= 0.3 is 0 Å². The summed E-state index contributed by atoms with van der Waals surface area (Å²) in [7, 11) is 0. The van der Waals surface area contributed by atoms with Gasteiger partial charge in [0.05, 0.1) is 0 Å². The van der Waals surface area contributed by atoms with Gasteiger partial charge in [0.1, 0.15) is 11.5 Å². The van der Waals surface area contributed by atoms with Crippen LogP contribution in [0.4, 0.5) is 0 Å². The van der Waals surface area contributed by atoms with Gasteiger partial charge in [-0.2, -0.15) is 0 Å². The monoisotopic (exact) mass is 246 g/mol. The van der Waals surface area contributed by atoms with Crippen molar-refractivity contribution < 1.29 is 4.42 Å². The molecular formula is C15H15ClO. The largest absolute Gasteiger partial charge is 0.461 e. The first kappa shape index (κ1) is 12.0. The predicted octanol–water partition coefficient (Wildman–Crippen LogP) is 5.09. The van der Waals surface area contributed by atoms with Gasteiger partial charge in [-0.1, -0.05) is 30.3 Å². The summed E-state index contributed by atoms with van der Waals surface area (Å²) in [6.45, 7) is 7.86. The standard InChI is InChI=1S/C15H15ClO/c1-10(2)15-9-14(17-11(15)3)7-5-12-4-6-13(16)8-12/h4-7,9H,1,8H2,2-3H3/b7-5+. The molecule has 1 aliphatic rings. The van der Waals surface area contributed by atoms with Gasteiger partial charge in [-0.3, -0.25) is 0 Å². The molecule has 0 atom stereocenters. The Labute approximate surface area is 107 Å². The smallest absolute Gasteiger partial charge is 0.127 e. The molecule has 0 fully saturated rings. The number of hydrogen-bond acceptors (Lipinski definition) is 1. The summed E-state index contributed by atoms with van der Waals surface area (Å²) < 4.78 is 5.64. The maximum atomic E-state index is 5.90. The van der Waals surface area contributed by atoms with Crippen LogP contribution in [-0.4, -0.2) is 0 Å². The Morgan fingerprint density at radius 2 is 2.18 bits per heavy atom. The number of hydrogen-bond donors (Lipinski definition) is 0. The molecule has 1 heterocycles. The first-order chi connectivity index (χ1) is 8.06. The lowest BCUT2D eigenvalue weighted by Crippen LogP contribution is -1.74. The number of rotatable bonds is 3. The second-order valence-electron chi connectivity index (χ2n) is 4.26. The average molecular weight is 247 g/mol. The molecular weight excluding hydrogens is 232 g/mol. The van der Waals surface area contributed by atoms with Gasteiger partial charge in [0.25, 0.3) is 0 Å². The summed E-state index contributed by atoms with van der Waals surface area (Å²) in [6.07, 6.45) is 8.76. The SMILES string of the molecule is C=C(C)c1cc(/C=C/C2=CC=C(Cl)C2)oc1C. The fraction of sp³-hybridized carbons (Fsp3) is 0.200. The quantitative estimate of drug-likeness (QED) is 0.724. The Morgan fingerprint density at radius 3 is 2.71 bits per heavy atom. The second-order valence-corrected chi connectivity index (χ2v) is 4.75.